The number of aliphatic hydroxyl groups is 1. The van der Waals surface area contributed by atoms with Gasteiger partial charge in [-0.15, -0.1) is 0 Å². The number of methoxy groups -OCH3 is 1. The topological polar surface area (TPSA) is 106 Å². The van der Waals surface area contributed by atoms with Crippen LogP contribution in [0.25, 0.3) is 11.0 Å². The van der Waals surface area contributed by atoms with Gasteiger partial charge in [-0.3, -0.25) is 9.59 Å². The Labute approximate surface area is 241 Å². The number of rotatable bonds is 8. The molecule has 0 saturated heterocycles. The lowest BCUT2D eigenvalue weighted by Crippen LogP contribution is -2.30. The van der Waals surface area contributed by atoms with Gasteiger partial charge >= 0.3 is 5.97 Å². The molecule has 1 aromatic heterocycles. The number of halogens is 1. The number of carbonyl (C=O) groups is 3. The highest BCUT2D eigenvalue weighted by Gasteiger charge is 2.44. The number of hydrogen-bond donors (Lipinski definition) is 1. The molecule has 1 amide bonds. The minimum Gasteiger partial charge on any atom is -0.503 e. The van der Waals surface area contributed by atoms with Crippen molar-refractivity contribution in [3.63, 3.8) is 0 Å². The van der Waals surface area contributed by atoms with Gasteiger partial charge < -0.3 is 23.9 Å². The Morgan fingerprint density at radius 2 is 1.80 bits per heavy atom. The lowest BCUT2D eigenvalue weighted by molar-refractivity contribution is -0.130. The zero-order chi connectivity index (χ0) is 29.4. The minimum atomic E-state index is -0.890. The molecule has 0 bridgehead atoms. The van der Waals surface area contributed by atoms with E-state index in [1.807, 2.05) is 25.1 Å². The molecule has 3 aromatic carbocycles. The van der Waals surface area contributed by atoms with E-state index in [2.05, 4.69) is 0 Å². The summed E-state index contributed by atoms with van der Waals surface area (Å²) >= 11 is 6.19. The summed E-state index contributed by atoms with van der Waals surface area (Å²) in [5, 5.41) is 12.0. The number of nitrogens with zero attached hydrogens (tertiary/aromatic N) is 1. The zero-order valence-corrected chi connectivity index (χ0v) is 23.7. The number of amides is 1. The van der Waals surface area contributed by atoms with Crippen LogP contribution in [0.5, 0.6) is 5.75 Å². The van der Waals surface area contributed by atoms with Crippen LogP contribution in [0.1, 0.15) is 57.5 Å². The van der Waals surface area contributed by atoms with Gasteiger partial charge in [0.25, 0.3) is 5.91 Å². The molecule has 41 heavy (non-hydrogen) atoms. The van der Waals surface area contributed by atoms with E-state index in [1.54, 1.807) is 56.3 Å². The van der Waals surface area contributed by atoms with Gasteiger partial charge in [0.05, 0.1) is 30.4 Å². The third kappa shape index (κ3) is 5.43. The molecule has 4 aromatic rings. The summed E-state index contributed by atoms with van der Waals surface area (Å²) in [5.74, 6) is -2.14. The molecule has 1 N–H and O–H groups in total. The van der Waals surface area contributed by atoms with Crippen molar-refractivity contribution in [3.8, 4) is 5.75 Å². The van der Waals surface area contributed by atoms with E-state index >= 15 is 0 Å². The number of fused-ring (bicyclic) bond motifs is 1. The van der Waals surface area contributed by atoms with E-state index in [9.17, 15) is 19.5 Å². The summed E-state index contributed by atoms with van der Waals surface area (Å²) in [4.78, 5) is 41.1. The number of carbonyl (C=O) groups excluding carboxylic acids is 3. The van der Waals surface area contributed by atoms with Crippen LogP contribution in [0.15, 0.2) is 82.5 Å². The third-order valence-corrected chi connectivity index (χ3v) is 7.00. The van der Waals surface area contributed by atoms with Crippen LogP contribution in [0.2, 0.25) is 5.02 Å². The van der Waals surface area contributed by atoms with Gasteiger partial charge in [-0.2, -0.15) is 0 Å². The van der Waals surface area contributed by atoms with Gasteiger partial charge in [0, 0.05) is 23.0 Å². The van der Waals surface area contributed by atoms with Crippen LogP contribution < -0.4 is 4.74 Å². The second kappa shape index (κ2) is 11.1. The van der Waals surface area contributed by atoms with E-state index in [0.29, 0.717) is 38.4 Å². The fourth-order valence-corrected chi connectivity index (χ4v) is 5.16. The maximum Gasteiger partial charge on any atom is 0.338 e. The predicted octanol–water partition coefficient (Wildman–Crippen LogP) is 6.75. The van der Waals surface area contributed by atoms with Gasteiger partial charge in [0.2, 0.25) is 5.78 Å². The first kappa shape index (κ1) is 28.0. The maximum absolute atomic E-state index is 13.9. The Hall–Kier alpha value is -4.56. The molecule has 0 saturated carbocycles. The van der Waals surface area contributed by atoms with Gasteiger partial charge in [0.1, 0.15) is 0 Å². The van der Waals surface area contributed by atoms with Gasteiger partial charge in [-0.1, -0.05) is 53.6 Å². The number of aryl methyl sites for hydroxylation is 1. The molecule has 1 atom stereocenters. The molecular weight excluding hydrogens is 546 g/mol. The predicted molar refractivity (Wildman–Crippen MR) is 153 cm³/mol. The summed E-state index contributed by atoms with van der Waals surface area (Å²) < 4.78 is 16.5. The molecule has 0 aliphatic carbocycles. The average Bonchev–Trinajstić information content (AvgIpc) is 3.47. The standard InChI is InChI=1S/C32H28ClNO7/c1-17(2)40-32(38)20-10-8-19(9-11-20)16-34-27(21-7-5-6-18(3)12-21)26(29(36)31(34)37)28(35)24-14-22-13-23(33)15-25(39-4)30(22)41-24/h5-15,17,27,36H,16H2,1-4H3. The smallest absolute Gasteiger partial charge is 0.338 e. The van der Waals surface area contributed by atoms with Gasteiger partial charge in [0.15, 0.2) is 22.9 Å². The number of benzene rings is 3. The summed E-state index contributed by atoms with van der Waals surface area (Å²) in [5.41, 5.74) is 2.87. The Balaban J connectivity index is 1.53. The van der Waals surface area contributed by atoms with Crippen molar-refractivity contribution in [1.29, 1.82) is 0 Å². The summed E-state index contributed by atoms with van der Waals surface area (Å²) in [6, 6.07) is 17.9. The Bertz CT molecular complexity index is 1700. The second-order valence-electron chi connectivity index (χ2n) is 10.1. The molecule has 5 rings (SSSR count). The Morgan fingerprint density at radius 3 is 2.46 bits per heavy atom. The van der Waals surface area contributed by atoms with Crippen molar-refractivity contribution in [2.24, 2.45) is 0 Å². The summed E-state index contributed by atoms with van der Waals surface area (Å²) in [6.07, 6.45) is -0.255. The lowest BCUT2D eigenvalue weighted by Gasteiger charge is -2.27. The zero-order valence-electron chi connectivity index (χ0n) is 22.9. The SMILES string of the molecule is COc1cc(Cl)cc2cc(C(=O)C3=C(O)C(=O)N(Cc4ccc(C(=O)OC(C)C)cc4)C3c3cccc(C)c3)oc12. The average molecular weight is 574 g/mol. The molecule has 0 spiro atoms. The molecule has 0 fully saturated rings. The maximum atomic E-state index is 13.9. The molecule has 1 unspecified atom stereocenters. The van der Waals surface area contributed by atoms with E-state index in [-0.39, 0.29) is 24.0 Å². The summed E-state index contributed by atoms with van der Waals surface area (Å²) in [6.45, 7) is 5.51. The molecule has 2 heterocycles. The Morgan fingerprint density at radius 1 is 1.07 bits per heavy atom. The first-order valence-electron chi connectivity index (χ1n) is 13.0. The van der Waals surface area contributed by atoms with Crippen molar-refractivity contribution in [2.75, 3.05) is 7.11 Å². The van der Waals surface area contributed by atoms with Gasteiger partial charge in [-0.25, -0.2) is 4.79 Å². The highest BCUT2D eigenvalue weighted by Crippen LogP contribution is 2.41. The molecule has 8 nitrogen and oxygen atoms in total. The number of ketones is 1. The first-order chi connectivity index (χ1) is 19.6. The highest BCUT2D eigenvalue weighted by atomic mass is 35.5. The van der Waals surface area contributed by atoms with E-state index in [4.69, 9.17) is 25.5 Å². The molecule has 1 aliphatic heterocycles. The van der Waals surface area contributed by atoms with Crippen LogP contribution in [-0.4, -0.2) is 40.9 Å². The monoisotopic (exact) mass is 573 g/mol. The number of aliphatic hydroxyl groups excluding tert-OH is 1. The number of furan rings is 1. The van der Waals surface area contributed by atoms with Crippen molar-refractivity contribution in [3.05, 3.63) is 111 Å². The second-order valence-corrected chi connectivity index (χ2v) is 10.6. The normalized spacial score (nSPS) is 15.2. The molecular formula is C32H28ClNO7. The number of ether oxygens (including phenoxy) is 2. The molecule has 9 heteroatoms. The first-order valence-corrected chi connectivity index (χ1v) is 13.4. The number of Topliss-reactive ketones (excluding diaryl/α,β-unsaturated/α-hetero) is 1. The fourth-order valence-electron chi connectivity index (χ4n) is 4.94. The highest BCUT2D eigenvalue weighted by molar-refractivity contribution is 6.31. The van der Waals surface area contributed by atoms with Crippen LogP contribution in [-0.2, 0) is 16.1 Å². The van der Waals surface area contributed by atoms with Crippen molar-refractivity contribution in [2.45, 2.75) is 39.5 Å². The van der Waals surface area contributed by atoms with Crippen LogP contribution in [0.4, 0.5) is 0 Å². The largest absolute Gasteiger partial charge is 0.503 e. The van der Waals surface area contributed by atoms with E-state index in [1.165, 1.54) is 18.1 Å². The minimum absolute atomic E-state index is 0.0672. The van der Waals surface area contributed by atoms with Crippen molar-refractivity contribution in [1.82, 2.24) is 4.90 Å². The number of esters is 1. The third-order valence-electron chi connectivity index (χ3n) is 6.78. The number of hydrogen-bond acceptors (Lipinski definition) is 7. The molecule has 210 valence electrons. The summed E-state index contributed by atoms with van der Waals surface area (Å²) in [7, 11) is 1.46. The lowest BCUT2D eigenvalue weighted by atomic mass is 9.94. The molecule has 0 radical (unpaired) electrons. The van der Waals surface area contributed by atoms with Crippen LogP contribution in [0.3, 0.4) is 0 Å². The van der Waals surface area contributed by atoms with Crippen molar-refractivity contribution < 1.29 is 33.4 Å². The molecule has 1 aliphatic rings. The quantitative estimate of drug-likeness (QED) is 0.184. The Kier molecular flexibility index (Phi) is 7.60. The van der Waals surface area contributed by atoms with Gasteiger partial charge in [-0.05, 0) is 56.2 Å². The van der Waals surface area contributed by atoms with E-state index in [0.717, 1.165) is 5.56 Å². The van der Waals surface area contributed by atoms with E-state index < -0.39 is 29.5 Å². The fraction of sp³-hybridized carbons (Fsp3) is 0.219. The van der Waals surface area contributed by atoms with Crippen LogP contribution >= 0.6 is 11.6 Å². The van der Waals surface area contributed by atoms with Crippen LogP contribution in [0, 0.1) is 6.92 Å². The van der Waals surface area contributed by atoms with Crippen molar-refractivity contribution >= 4 is 40.2 Å².